The van der Waals surface area contributed by atoms with Crippen LogP contribution in [0.1, 0.15) is 41.5 Å². The van der Waals surface area contributed by atoms with E-state index in [2.05, 4.69) is 6.58 Å². The lowest BCUT2D eigenvalue weighted by Crippen LogP contribution is -2.41. The number of rotatable bonds is 4. The van der Waals surface area contributed by atoms with E-state index in [1.807, 2.05) is 65.8 Å². The van der Waals surface area contributed by atoms with E-state index in [-0.39, 0.29) is 11.2 Å². The molecule has 1 aliphatic heterocycles. The molecule has 0 amide bonds. The first-order chi connectivity index (χ1) is 8.68. The van der Waals surface area contributed by atoms with Crippen molar-refractivity contribution in [3.8, 4) is 0 Å². The first-order valence-electron chi connectivity index (χ1n) is 6.51. The Morgan fingerprint density at radius 3 is 1.89 bits per heavy atom. The highest BCUT2D eigenvalue weighted by atomic mass is 17.0. The van der Waals surface area contributed by atoms with Crippen LogP contribution >= 0.6 is 0 Å². The Bertz CT molecular complexity index is 412. The van der Waals surface area contributed by atoms with Gasteiger partial charge in [-0.1, -0.05) is 30.4 Å². The van der Waals surface area contributed by atoms with Crippen molar-refractivity contribution in [2.45, 2.75) is 52.7 Å². The standard InChI is InChI=1S/C16H25NO2/c1-8-13(2)9-10-14(3)11-12-17-18-15(4,5)16(6,7)19-17/h8-12H,1H2,2-7H3/b12-11+,13-9+,14-10+. The van der Waals surface area contributed by atoms with Crippen LogP contribution in [0.25, 0.3) is 0 Å². The van der Waals surface area contributed by atoms with E-state index < -0.39 is 0 Å². The molecular formula is C16H25NO2. The molecule has 1 saturated heterocycles. The molecule has 1 fully saturated rings. The molecule has 19 heavy (non-hydrogen) atoms. The van der Waals surface area contributed by atoms with Gasteiger partial charge >= 0.3 is 0 Å². The summed E-state index contributed by atoms with van der Waals surface area (Å²) in [6, 6.07) is 0. The van der Waals surface area contributed by atoms with Crippen molar-refractivity contribution in [3.05, 3.63) is 48.2 Å². The van der Waals surface area contributed by atoms with Gasteiger partial charge in [0, 0.05) is 0 Å². The van der Waals surface area contributed by atoms with E-state index in [1.165, 1.54) is 5.23 Å². The lowest BCUT2D eigenvalue weighted by Gasteiger charge is -2.26. The molecule has 3 nitrogen and oxygen atoms in total. The monoisotopic (exact) mass is 263 g/mol. The van der Waals surface area contributed by atoms with Gasteiger partial charge in [0.2, 0.25) is 0 Å². The van der Waals surface area contributed by atoms with Crippen LogP contribution in [0.4, 0.5) is 0 Å². The summed E-state index contributed by atoms with van der Waals surface area (Å²) < 4.78 is 0. The molecule has 1 rings (SSSR count). The summed E-state index contributed by atoms with van der Waals surface area (Å²) in [5.74, 6) is 0. The zero-order valence-corrected chi connectivity index (χ0v) is 12.9. The second-order valence-electron chi connectivity index (χ2n) is 5.83. The molecule has 0 N–H and O–H groups in total. The summed E-state index contributed by atoms with van der Waals surface area (Å²) >= 11 is 0. The van der Waals surface area contributed by atoms with Gasteiger partial charge < -0.3 is 0 Å². The van der Waals surface area contributed by atoms with E-state index in [9.17, 15) is 0 Å². The Labute approximate surface area is 116 Å². The van der Waals surface area contributed by atoms with E-state index in [4.69, 9.17) is 9.68 Å². The van der Waals surface area contributed by atoms with Crippen molar-refractivity contribution in [1.82, 2.24) is 5.23 Å². The van der Waals surface area contributed by atoms with Crippen molar-refractivity contribution >= 4 is 0 Å². The number of hydrogen-bond donors (Lipinski definition) is 0. The van der Waals surface area contributed by atoms with Gasteiger partial charge in [-0.05, 0) is 53.2 Å². The fraction of sp³-hybridized carbons (Fsp3) is 0.500. The van der Waals surface area contributed by atoms with Gasteiger partial charge in [-0.15, -0.1) is 5.23 Å². The molecule has 0 bridgehead atoms. The predicted molar refractivity (Wildman–Crippen MR) is 79.0 cm³/mol. The summed E-state index contributed by atoms with van der Waals surface area (Å²) in [5.41, 5.74) is 1.53. The highest BCUT2D eigenvalue weighted by Gasteiger charge is 2.49. The van der Waals surface area contributed by atoms with E-state index in [1.54, 1.807) is 6.20 Å². The Hall–Kier alpha value is -1.32. The second-order valence-corrected chi connectivity index (χ2v) is 5.83. The summed E-state index contributed by atoms with van der Waals surface area (Å²) in [4.78, 5) is 11.5. The minimum Gasteiger partial charge on any atom is -0.240 e. The lowest BCUT2D eigenvalue weighted by atomic mass is 9.90. The minimum absolute atomic E-state index is 0.353. The molecular weight excluding hydrogens is 238 g/mol. The quantitative estimate of drug-likeness (QED) is 0.705. The molecule has 0 spiro atoms. The van der Waals surface area contributed by atoms with Gasteiger partial charge in [-0.2, -0.15) is 0 Å². The number of nitrogens with zero attached hydrogens (tertiary/aromatic N) is 1. The van der Waals surface area contributed by atoms with Gasteiger partial charge in [0.15, 0.2) is 0 Å². The smallest absolute Gasteiger partial charge is 0.124 e. The van der Waals surface area contributed by atoms with Gasteiger partial charge in [0.05, 0.1) is 6.20 Å². The zero-order valence-electron chi connectivity index (χ0n) is 12.9. The highest BCUT2D eigenvalue weighted by molar-refractivity contribution is 5.26. The molecule has 0 aromatic heterocycles. The van der Waals surface area contributed by atoms with Crippen LogP contribution in [0.3, 0.4) is 0 Å². The van der Waals surface area contributed by atoms with Gasteiger partial charge in [-0.25, -0.2) is 9.68 Å². The normalized spacial score (nSPS) is 23.2. The number of hydroxylamine groups is 2. The Morgan fingerprint density at radius 1 is 0.947 bits per heavy atom. The van der Waals surface area contributed by atoms with Crippen LogP contribution in [0.2, 0.25) is 0 Å². The van der Waals surface area contributed by atoms with Crippen LogP contribution in [0, 0.1) is 0 Å². The van der Waals surface area contributed by atoms with Crippen LogP contribution < -0.4 is 0 Å². The van der Waals surface area contributed by atoms with Gasteiger partial charge in [-0.3, -0.25) is 0 Å². The summed E-state index contributed by atoms with van der Waals surface area (Å²) in [7, 11) is 0. The first kappa shape index (κ1) is 15.7. The zero-order chi connectivity index (χ0) is 14.7. The Balaban J connectivity index is 2.67. The SMILES string of the molecule is C=C/C(C)=C/C=C(C)/C=C/N1OC(C)(C)C(C)(C)O1. The molecule has 0 saturated carbocycles. The summed E-state index contributed by atoms with van der Waals surface area (Å²) in [5, 5.41) is 1.43. The van der Waals surface area contributed by atoms with Crippen molar-refractivity contribution in [1.29, 1.82) is 0 Å². The van der Waals surface area contributed by atoms with Gasteiger partial charge in [0.1, 0.15) is 11.2 Å². The third-order valence-corrected chi connectivity index (χ3v) is 3.48. The van der Waals surface area contributed by atoms with Crippen LogP contribution in [-0.2, 0) is 9.68 Å². The lowest BCUT2D eigenvalue weighted by molar-refractivity contribution is -0.292. The van der Waals surface area contributed by atoms with E-state index in [0.717, 1.165) is 11.1 Å². The third kappa shape index (κ3) is 4.08. The predicted octanol–water partition coefficient (Wildman–Crippen LogP) is 4.31. The van der Waals surface area contributed by atoms with Crippen molar-refractivity contribution in [2.75, 3.05) is 0 Å². The molecule has 1 aliphatic rings. The molecule has 3 heteroatoms. The highest BCUT2D eigenvalue weighted by Crippen LogP contribution is 2.37. The maximum atomic E-state index is 5.73. The molecule has 1 heterocycles. The average molecular weight is 263 g/mol. The van der Waals surface area contributed by atoms with Crippen LogP contribution in [-0.4, -0.2) is 16.4 Å². The molecule has 0 radical (unpaired) electrons. The Morgan fingerprint density at radius 2 is 1.42 bits per heavy atom. The maximum absolute atomic E-state index is 5.73. The minimum atomic E-state index is -0.353. The molecule has 0 atom stereocenters. The van der Waals surface area contributed by atoms with E-state index >= 15 is 0 Å². The Kier molecular flexibility index (Phi) is 4.77. The summed E-state index contributed by atoms with van der Waals surface area (Å²) in [6.45, 7) is 15.8. The molecule has 106 valence electrons. The number of hydrogen-bond acceptors (Lipinski definition) is 3. The fourth-order valence-corrected chi connectivity index (χ4v) is 1.31. The van der Waals surface area contributed by atoms with Gasteiger partial charge in [0.25, 0.3) is 0 Å². The van der Waals surface area contributed by atoms with E-state index in [0.29, 0.717) is 0 Å². The van der Waals surface area contributed by atoms with Crippen molar-refractivity contribution in [2.24, 2.45) is 0 Å². The van der Waals surface area contributed by atoms with Crippen molar-refractivity contribution in [3.63, 3.8) is 0 Å². The first-order valence-corrected chi connectivity index (χ1v) is 6.51. The number of allylic oxidation sites excluding steroid dienone is 6. The third-order valence-electron chi connectivity index (χ3n) is 3.48. The average Bonchev–Trinajstić information content (AvgIpc) is 2.52. The molecule has 0 unspecified atom stereocenters. The van der Waals surface area contributed by atoms with Crippen LogP contribution in [0.5, 0.6) is 0 Å². The fourth-order valence-electron chi connectivity index (χ4n) is 1.31. The molecule has 0 aromatic carbocycles. The largest absolute Gasteiger partial charge is 0.240 e. The molecule has 0 aliphatic carbocycles. The summed E-state index contributed by atoms with van der Waals surface area (Å²) in [6.07, 6.45) is 9.61. The topological polar surface area (TPSA) is 21.7 Å². The maximum Gasteiger partial charge on any atom is 0.124 e. The second kappa shape index (κ2) is 5.76. The van der Waals surface area contributed by atoms with Crippen LogP contribution in [0.15, 0.2) is 48.2 Å². The molecule has 0 aromatic rings. The van der Waals surface area contributed by atoms with Crippen molar-refractivity contribution < 1.29 is 9.68 Å².